The standard InChI is InChI=1S/C15H24ClN3O2S/c1-15(2,3)21-14(20)19-7-5-4-6-11(19)8-17-9-12-10-18-13(16)22-12/h10-11,17H,4-9H2,1-3H3/t11-/m1/s1. The fourth-order valence-corrected chi connectivity index (χ4v) is 3.45. The Hall–Kier alpha value is -0.850. The minimum absolute atomic E-state index is 0.187. The number of piperidine rings is 1. The van der Waals surface area contributed by atoms with Crippen molar-refractivity contribution >= 4 is 29.0 Å². The minimum atomic E-state index is -0.452. The largest absolute Gasteiger partial charge is 0.444 e. The molecular formula is C15H24ClN3O2S. The van der Waals surface area contributed by atoms with Crippen molar-refractivity contribution in [1.82, 2.24) is 15.2 Å². The van der Waals surface area contributed by atoms with E-state index in [1.54, 1.807) is 6.20 Å². The van der Waals surface area contributed by atoms with E-state index in [2.05, 4.69) is 10.3 Å². The Morgan fingerprint density at radius 1 is 1.55 bits per heavy atom. The van der Waals surface area contributed by atoms with Crippen LogP contribution in [0.3, 0.4) is 0 Å². The summed E-state index contributed by atoms with van der Waals surface area (Å²) >= 11 is 7.30. The Bertz CT molecular complexity index is 501. The number of carbonyl (C=O) groups excluding carboxylic acids is 1. The average molecular weight is 346 g/mol. The van der Waals surface area contributed by atoms with Crippen LogP contribution in [-0.4, -0.2) is 40.7 Å². The van der Waals surface area contributed by atoms with Crippen LogP contribution in [0.4, 0.5) is 4.79 Å². The first-order valence-corrected chi connectivity index (χ1v) is 8.85. The SMILES string of the molecule is CC(C)(C)OC(=O)N1CCCC[C@@H]1CNCc1cnc(Cl)s1. The maximum atomic E-state index is 12.3. The van der Waals surface area contributed by atoms with Crippen LogP contribution in [0, 0.1) is 0 Å². The van der Waals surface area contributed by atoms with Crippen LogP contribution in [0.15, 0.2) is 6.20 Å². The lowest BCUT2D eigenvalue weighted by atomic mass is 10.0. The second-order valence-corrected chi connectivity index (χ2v) is 8.23. The summed E-state index contributed by atoms with van der Waals surface area (Å²) in [5.74, 6) is 0. The third kappa shape index (κ3) is 5.41. The molecule has 1 fully saturated rings. The maximum Gasteiger partial charge on any atom is 0.410 e. The van der Waals surface area contributed by atoms with Gasteiger partial charge >= 0.3 is 6.09 Å². The molecule has 1 atom stereocenters. The van der Waals surface area contributed by atoms with Gasteiger partial charge in [0.15, 0.2) is 4.47 Å². The summed E-state index contributed by atoms with van der Waals surface area (Å²) in [7, 11) is 0. The lowest BCUT2D eigenvalue weighted by molar-refractivity contribution is 0.00994. The van der Waals surface area contributed by atoms with Crippen molar-refractivity contribution in [3.63, 3.8) is 0 Å². The Labute approximate surface area is 141 Å². The number of amides is 1. The molecule has 0 spiro atoms. The molecule has 1 aliphatic rings. The summed E-state index contributed by atoms with van der Waals surface area (Å²) < 4.78 is 6.07. The number of nitrogens with zero attached hydrogens (tertiary/aromatic N) is 2. The van der Waals surface area contributed by atoms with Gasteiger partial charge in [0.2, 0.25) is 0 Å². The van der Waals surface area contributed by atoms with Gasteiger partial charge in [-0.2, -0.15) is 0 Å². The molecule has 1 saturated heterocycles. The van der Waals surface area contributed by atoms with E-state index in [0.29, 0.717) is 4.47 Å². The first kappa shape index (κ1) is 17.5. The highest BCUT2D eigenvalue weighted by atomic mass is 35.5. The number of carbonyl (C=O) groups is 1. The monoisotopic (exact) mass is 345 g/mol. The molecule has 2 rings (SSSR count). The summed E-state index contributed by atoms with van der Waals surface area (Å²) in [6.07, 6.45) is 4.78. The van der Waals surface area contributed by atoms with Crippen molar-refractivity contribution in [2.45, 2.75) is 58.2 Å². The summed E-state index contributed by atoms with van der Waals surface area (Å²) in [5.41, 5.74) is -0.452. The molecule has 5 nitrogen and oxygen atoms in total. The molecule has 0 radical (unpaired) electrons. The molecule has 1 aliphatic heterocycles. The molecule has 1 N–H and O–H groups in total. The van der Waals surface area contributed by atoms with Crippen molar-refractivity contribution < 1.29 is 9.53 Å². The first-order chi connectivity index (χ1) is 10.3. The molecule has 1 amide bonds. The van der Waals surface area contributed by atoms with E-state index in [0.717, 1.165) is 43.8 Å². The van der Waals surface area contributed by atoms with Crippen LogP contribution in [0.2, 0.25) is 4.47 Å². The summed E-state index contributed by atoms with van der Waals surface area (Å²) in [5, 5.41) is 3.39. The summed E-state index contributed by atoms with van der Waals surface area (Å²) in [6, 6.07) is 0.187. The zero-order valence-corrected chi connectivity index (χ0v) is 15.0. The number of halogens is 1. The predicted molar refractivity (Wildman–Crippen MR) is 89.4 cm³/mol. The second-order valence-electron chi connectivity index (χ2n) is 6.53. The van der Waals surface area contributed by atoms with Gasteiger partial charge in [-0.1, -0.05) is 11.6 Å². The number of aromatic nitrogens is 1. The normalized spacial score (nSPS) is 19.3. The second kappa shape index (κ2) is 7.62. The van der Waals surface area contributed by atoms with Crippen LogP contribution in [0.5, 0.6) is 0 Å². The van der Waals surface area contributed by atoms with Crippen LogP contribution in [-0.2, 0) is 11.3 Å². The number of nitrogens with one attached hydrogen (secondary N) is 1. The van der Waals surface area contributed by atoms with Crippen LogP contribution >= 0.6 is 22.9 Å². The molecule has 2 heterocycles. The molecule has 124 valence electrons. The highest BCUT2D eigenvalue weighted by molar-refractivity contribution is 7.15. The van der Waals surface area contributed by atoms with Crippen molar-refractivity contribution in [2.75, 3.05) is 13.1 Å². The van der Waals surface area contributed by atoms with Crippen molar-refractivity contribution in [3.05, 3.63) is 15.5 Å². The van der Waals surface area contributed by atoms with Gasteiger partial charge in [0, 0.05) is 36.8 Å². The van der Waals surface area contributed by atoms with Gasteiger partial charge in [0.1, 0.15) is 5.60 Å². The van der Waals surface area contributed by atoms with Crippen molar-refractivity contribution in [2.24, 2.45) is 0 Å². The molecule has 0 unspecified atom stereocenters. The van der Waals surface area contributed by atoms with E-state index in [-0.39, 0.29) is 12.1 Å². The quantitative estimate of drug-likeness (QED) is 0.904. The Morgan fingerprint density at radius 3 is 2.95 bits per heavy atom. The van der Waals surface area contributed by atoms with Gasteiger partial charge in [-0.25, -0.2) is 9.78 Å². The topological polar surface area (TPSA) is 54.5 Å². The highest BCUT2D eigenvalue weighted by Gasteiger charge is 2.30. The van der Waals surface area contributed by atoms with Gasteiger partial charge in [-0.3, -0.25) is 0 Å². The molecule has 0 bridgehead atoms. The van der Waals surface area contributed by atoms with E-state index in [9.17, 15) is 4.79 Å². The lowest BCUT2D eigenvalue weighted by Gasteiger charge is -2.36. The fraction of sp³-hybridized carbons (Fsp3) is 0.733. The minimum Gasteiger partial charge on any atom is -0.444 e. The number of thiazole rings is 1. The third-order valence-electron chi connectivity index (χ3n) is 3.46. The van der Waals surface area contributed by atoms with Crippen LogP contribution in [0.1, 0.15) is 44.9 Å². The molecule has 0 aromatic carbocycles. The first-order valence-electron chi connectivity index (χ1n) is 7.66. The van der Waals surface area contributed by atoms with E-state index in [4.69, 9.17) is 16.3 Å². The molecule has 1 aromatic rings. The van der Waals surface area contributed by atoms with Crippen LogP contribution in [0.25, 0.3) is 0 Å². The van der Waals surface area contributed by atoms with E-state index in [1.807, 2.05) is 25.7 Å². The molecule has 7 heteroatoms. The van der Waals surface area contributed by atoms with Gasteiger partial charge in [-0.15, -0.1) is 11.3 Å². The van der Waals surface area contributed by atoms with Gasteiger partial charge in [-0.05, 0) is 40.0 Å². The molecule has 0 saturated carbocycles. The maximum absolute atomic E-state index is 12.3. The number of ether oxygens (including phenoxy) is 1. The van der Waals surface area contributed by atoms with Gasteiger partial charge in [0.25, 0.3) is 0 Å². The van der Waals surface area contributed by atoms with E-state index < -0.39 is 5.60 Å². The number of hydrogen-bond acceptors (Lipinski definition) is 5. The predicted octanol–water partition coefficient (Wildman–Crippen LogP) is 3.68. The van der Waals surface area contributed by atoms with Gasteiger partial charge < -0.3 is 15.0 Å². The number of hydrogen-bond donors (Lipinski definition) is 1. The molecule has 0 aliphatic carbocycles. The van der Waals surface area contributed by atoms with Gasteiger partial charge in [0.05, 0.1) is 0 Å². The fourth-order valence-electron chi connectivity index (χ4n) is 2.50. The molecular weight excluding hydrogens is 322 g/mol. The number of likely N-dealkylation sites (tertiary alicyclic amines) is 1. The van der Waals surface area contributed by atoms with Crippen LogP contribution < -0.4 is 5.32 Å². The lowest BCUT2D eigenvalue weighted by Crippen LogP contribution is -2.50. The highest BCUT2D eigenvalue weighted by Crippen LogP contribution is 2.21. The molecule has 1 aromatic heterocycles. The van der Waals surface area contributed by atoms with Crippen molar-refractivity contribution in [3.8, 4) is 0 Å². The van der Waals surface area contributed by atoms with Crippen molar-refractivity contribution in [1.29, 1.82) is 0 Å². The zero-order valence-electron chi connectivity index (χ0n) is 13.4. The smallest absolute Gasteiger partial charge is 0.410 e. The number of rotatable bonds is 4. The molecule has 22 heavy (non-hydrogen) atoms. The van der Waals surface area contributed by atoms with E-state index >= 15 is 0 Å². The Kier molecular flexibility index (Phi) is 6.06. The summed E-state index contributed by atoms with van der Waals surface area (Å²) in [4.78, 5) is 19.3. The summed E-state index contributed by atoms with van der Waals surface area (Å²) in [6.45, 7) is 7.95. The van der Waals surface area contributed by atoms with E-state index in [1.165, 1.54) is 11.3 Å². The Balaban J connectivity index is 1.85. The third-order valence-corrected chi connectivity index (χ3v) is 4.57. The Morgan fingerprint density at radius 2 is 2.32 bits per heavy atom. The average Bonchev–Trinajstić information content (AvgIpc) is 2.83. The zero-order chi connectivity index (χ0) is 16.2.